The highest BCUT2D eigenvalue weighted by Crippen LogP contribution is 2.35. The zero-order valence-electron chi connectivity index (χ0n) is 14.2. The van der Waals surface area contributed by atoms with Gasteiger partial charge in [-0.3, -0.25) is 4.79 Å². The van der Waals surface area contributed by atoms with Gasteiger partial charge in [0, 0.05) is 29.7 Å². The molecule has 2 aliphatic rings. The Balaban J connectivity index is 1.59. The molecule has 1 aliphatic carbocycles. The Morgan fingerprint density at radius 1 is 1.12 bits per heavy atom. The third-order valence-electron chi connectivity index (χ3n) is 5.76. The van der Waals surface area contributed by atoms with E-state index in [0.717, 1.165) is 50.6 Å². The zero-order chi connectivity index (χ0) is 16.5. The molecule has 4 heteroatoms. The molecule has 4 nitrogen and oxygen atoms in total. The van der Waals surface area contributed by atoms with E-state index in [2.05, 4.69) is 40.2 Å². The van der Waals surface area contributed by atoms with Crippen LogP contribution in [0.4, 0.5) is 0 Å². The van der Waals surface area contributed by atoms with Crippen molar-refractivity contribution in [2.75, 3.05) is 6.54 Å². The molecule has 2 fully saturated rings. The number of benzene rings is 1. The summed E-state index contributed by atoms with van der Waals surface area (Å²) in [5.74, 6) is 0.451. The van der Waals surface area contributed by atoms with Gasteiger partial charge in [0.15, 0.2) is 0 Å². The number of carbonyl (C=O) groups excluding carboxylic acids is 1. The van der Waals surface area contributed by atoms with Crippen LogP contribution in [0.2, 0.25) is 0 Å². The maximum atomic E-state index is 13.2. The van der Waals surface area contributed by atoms with Crippen LogP contribution in [0.5, 0.6) is 0 Å². The molecule has 4 rings (SSSR count). The molecule has 24 heavy (non-hydrogen) atoms. The first kappa shape index (κ1) is 15.7. The third-order valence-corrected chi connectivity index (χ3v) is 5.76. The molecule has 3 N–H and O–H groups in total. The maximum Gasteiger partial charge on any atom is 0.226 e. The monoisotopic (exact) mass is 325 g/mol. The van der Waals surface area contributed by atoms with Gasteiger partial charge < -0.3 is 15.6 Å². The lowest BCUT2D eigenvalue weighted by atomic mass is 9.84. The third kappa shape index (κ3) is 2.95. The highest BCUT2D eigenvalue weighted by Gasteiger charge is 2.34. The number of H-pyrrole nitrogens is 1. The summed E-state index contributed by atoms with van der Waals surface area (Å²) in [6, 6.07) is 11.0. The summed E-state index contributed by atoms with van der Waals surface area (Å²) in [5, 5.41) is 1.23. The van der Waals surface area contributed by atoms with Crippen LogP contribution in [0.25, 0.3) is 10.9 Å². The van der Waals surface area contributed by atoms with Gasteiger partial charge in [-0.15, -0.1) is 0 Å². The number of hydrogen-bond acceptors (Lipinski definition) is 2. The Hall–Kier alpha value is -1.81. The summed E-state index contributed by atoms with van der Waals surface area (Å²) in [5.41, 5.74) is 8.45. The van der Waals surface area contributed by atoms with Gasteiger partial charge in [-0.05, 0) is 56.0 Å². The zero-order valence-corrected chi connectivity index (χ0v) is 14.2. The Labute approximate surface area is 143 Å². The van der Waals surface area contributed by atoms with Crippen molar-refractivity contribution in [1.82, 2.24) is 9.88 Å². The topological polar surface area (TPSA) is 62.1 Å². The minimum atomic E-state index is 0.124. The average Bonchev–Trinajstić information content (AvgIpc) is 3.05. The number of nitrogens with one attached hydrogen (secondary N) is 1. The number of aromatic nitrogens is 1. The SMILES string of the molecule is NC1CCCC(C(=O)N2CCCCC2c2cc3ccccc3[nH]2)C1. The number of nitrogens with two attached hydrogens (primary N) is 1. The van der Waals surface area contributed by atoms with E-state index < -0.39 is 0 Å². The first-order chi connectivity index (χ1) is 11.7. The van der Waals surface area contributed by atoms with Gasteiger partial charge in [-0.2, -0.15) is 0 Å². The number of fused-ring (bicyclic) bond motifs is 1. The van der Waals surface area contributed by atoms with E-state index in [1.165, 1.54) is 17.5 Å². The largest absolute Gasteiger partial charge is 0.357 e. The molecule has 2 heterocycles. The van der Waals surface area contributed by atoms with Gasteiger partial charge in [-0.25, -0.2) is 0 Å². The maximum absolute atomic E-state index is 13.2. The fourth-order valence-electron chi connectivity index (χ4n) is 4.48. The molecular weight excluding hydrogens is 298 g/mol. The second kappa shape index (κ2) is 6.60. The van der Waals surface area contributed by atoms with Crippen LogP contribution < -0.4 is 5.73 Å². The van der Waals surface area contributed by atoms with Crippen molar-refractivity contribution >= 4 is 16.8 Å². The molecule has 0 bridgehead atoms. The van der Waals surface area contributed by atoms with E-state index in [4.69, 9.17) is 5.73 Å². The molecule has 1 aromatic heterocycles. The van der Waals surface area contributed by atoms with Crippen LogP contribution in [0.1, 0.15) is 56.7 Å². The van der Waals surface area contributed by atoms with Crippen LogP contribution in [-0.2, 0) is 4.79 Å². The molecule has 1 aliphatic heterocycles. The molecule has 1 saturated carbocycles. The van der Waals surface area contributed by atoms with E-state index in [1.807, 2.05) is 0 Å². The Bertz CT molecular complexity index is 689. The van der Waals surface area contributed by atoms with Crippen LogP contribution in [0.3, 0.4) is 0 Å². The molecule has 0 spiro atoms. The highest BCUT2D eigenvalue weighted by molar-refractivity contribution is 5.82. The summed E-state index contributed by atoms with van der Waals surface area (Å²) < 4.78 is 0. The number of piperidine rings is 1. The number of likely N-dealkylation sites (tertiary alicyclic amines) is 1. The minimum absolute atomic E-state index is 0.124. The molecular formula is C20H27N3O. The van der Waals surface area contributed by atoms with Gasteiger partial charge in [0.1, 0.15) is 0 Å². The van der Waals surface area contributed by atoms with Crippen LogP contribution in [0.15, 0.2) is 30.3 Å². The van der Waals surface area contributed by atoms with E-state index in [9.17, 15) is 4.79 Å². The smallest absolute Gasteiger partial charge is 0.226 e. The van der Waals surface area contributed by atoms with Gasteiger partial charge >= 0.3 is 0 Å². The number of carbonyl (C=O) groups is 1. The molecule has 2 aromatic rings. The highest BCUT2D eigenvalue weighted by atomic mass is 16.2. The van der Waals surface area contributed by atoms with Crippen molar-refractivity contribution in [2.24, 2.45) is 11.7 Å². The molecule has 128 valence electrons. The fourth-order valence-corrected chi connectivity index (χ4v) is 4.48. The van der Waals surface area contributed by atoms with E-state index in [-0.39, 0.29) is 18.0 Å². The normalized spacial score (nSPS) is 28.2. The summed E-state index contributed by atoms with van der Waals surface area (Å²) in [7, 11) is 0. The number of para-hydroxylation sites is 1. The van der Waals surface area contributed by atoms with Gasteiger partial charge in [0.25, 0.3) is 0 Å². The van der Waals surface area contributed by atoms with E-state index in [1.54, 1.807) is 0 Å². The van der Waals surface area contributed by atoms with Crippen molar-refractivity contribution < 1.29 is 4.79 Å². The number of nitrogens with zero attached hydrogens (tertiary/aromatic N) is 1. The van der Waals surface area contributed by atoms with Gasteiger partial charge in [0.2, 0.25) is 5.91 Å². The summed E-state index contributed by atoms with van der Waals surface area (Å²) in [6.45, 7) is 0.880. The predicted molar refractivity (Wildman–Crippen MR) is 96.5 cm³/mol. The van der Waals surface area contributed by atoms with E-state index >= 15 is 0 Å². The molecule has 3 atom stereocenters. The van der Waals surface area contributed by atoms with Crippen molar-refractivity contribution in [1.29, 1.82) is 0 Å². The van der Waals surface area contributed by atoms with Crippen molar-refractivity contribution in [3.63, 3.8) is 0 Å². The number of aromatic amines is 1. The summed E-state index contributed by atoms with van der Waals surface area (Å²) in [4.78, 5) is 18.8. The average molecular weight is 325 g/mol. The Morgan fingerprint density at radius 2 is 2.00 bits per heavy atom. The molecule has 1 aromatic carbocycles. The van der Waals surface area contributed by atoms with E-state index in [0.29, 0.717) is 5.91 Å². The molecule has 3 unspecified atom stereocenters. The standard InChI is InChI=1S/C20H27N3O/c21-16-8-5-7-15(12-16)20(24)23-11-4-3-10-19(23)18-13-14-6-1-2-9-17(14)22-18/h1-2,6,9,13,15-16,19,22H,3-5,7-8,10-12,21H2. The molecule has 1 amide bonds. The second-order valence-corrected chi connectivity index (χ2v) is 7.48. The number of hydrogen-bond donors (Lipinski definition) is 2. The van der Waals surface area contributed by atoms with Crippen molar-refractivity contribution in [2.45, 2.75) is 57.0 Å². The molecule has 0 radical (unpaired) electrons. The second-order valence-electron chi connectivity index (χ2n) is 7.48. The molecule has 1 saturated heterocycles. The van der Waals surface area contributed by atoms with Crippen molar-refractivity contribution in [3.8, 4) is 0 Å². The number of amides is 1. The lowest BCUT2D eigenvalue weighted by Crippen LogP contribution is -2.44. The summed E-state index contributed by atoms with van der Waals surface area (Å²) in [6.07, 6.45) is 7.36. The Morgan fingerprint density at radius 3 is 2.83 bits per heavy atom. The predicted octanol–water partition coefficient (Wildman–Crippen LogP) is 3.74. The van der Waals surface area contributed by atoms with Gasteiger partial charge in [-0.1, -0.05) is 24.6 Å². The van der Waals surface area contributed by atoms with Crippen LogP contribution >= 0.6 is 0 Å². The summed E-state index contributed by atoms with van der Waals surface area (Å²) >= 11 is 0. The van der Waals surface area contributed by atoms with Gasteiger partial charge in [0.05, 0.1) is 6.04 Å². The quantitative estimate of drug-likeness (QED) is 0.883. The fraction of sp³-hybridized carbons (Fsp3) is 0.550. The first-order valence-corrected chi connectivity index (χ1v) is 9.36. The minimum Gasteiger partial charge on any atom is -0.357 e. The van der Waals surface area contributed by atoms with Crippen LogP contribution in [-0.4, -0.2) is 28.4 Å². The Kier molecular flexibility index (Phi) is 4.31. The number of rotatable bonds is 2. The lowest BCUT2D eigenvalue weighted by Gasteiger charge is -2.39. The first-order valence-electron chi connectivity index (χ1n) is 9.36. The van der Waals surface area contributed by atoms with Crippen LogP contribution in [0, 0.1) is 5.92 Å². The lowest BCUT2D eigenvalue weighted by molar-refractivity contribution is -0.140. The van der Waals surface area contributed by atoms with Crippen molar-refractivity contribution in [3.05, 3.63) is 36.0 Å².